The van der Waals surface area contributed by atoms with Crippen LogP contribution in [0.3, 0.4) is 0 Å². The molecule has 2 aromatic heterocycles. The van der Waals surface area contributed by atoms with Crippen LogP contribution in [-0.2, 0) is 16.3 Å². The average Bonchev–Trinajstić information content (AvgIpc) is 2.25. The fourth-order valence-corrected chi connectivity index (χ4v) is 2.05. The van der Waals surface area contributed by atoms with Crippen molar-refractivity contribution >= 4 is 20.9 Å². The monoisotopic (exact) mass is 253 g/mol. The van der Waals surface area contributed by atoms with E-state index in [9.17, 15) is 13.2 Å². The van der Waals surface area contributed by atoms with E-state index in [0.717, 1.165) is 6.26 Å². The largest absolute Gasteiger partial charge is 0.306 e. The molecule has 0 fully saturated rings. The van der Waals surface area contributed by atoms with E-state index >= 15 is 0 Å². The fourth-order valence-electron chi connectivity index (χ4n) is 1.52. The van der Waals surface area contributed by atoms with Gasteiger partial charge in [0.25, 0.3) is 0 Å². The molecule has 0 aromatic carbocycles. The number of nitrogens with zero attached hydrogens (tertiary/aromatic N) is 2. The molecule has 0 spiro atoms. The minimum Gasteiger partial charge on any atom is -0.306 e. The van der Waals surface area contributed by atoms with Crippen molar-refractivity contribution < 1.29 is 8.42 Å². The molecule has 0 saturated heterocycles. The molecule has 0 aliphatic heterocycles. The Labute approximate surface area is 97.7 Å². The molecule has 90 valence electrons. The molecule has 0 aliphatic rings. The van der Waals surface area contributed by atoms with E-state index < -0.39 is 9.84 Å². The van der Waals surface area contributed by atoms with E-state index in [4.69, 9.17) is 0 Å². The van der Waals surface area contributed by atoms with Crippen molar-refractivity contribution in [1.29, 1.82) is 0 Å². The summed E-state index contributed by atoms with van der Waals surface area (Å²) in [4.78, 5) is 21.5. The Morgan fingerprint density at radius 2 is 2.00 bits per heavy atom. The van der Waals surface area contributed by atoms with Gasteiger partial charge in [-0.3, -0.25) is 4.79 Å². The number of hydrogen-bond acceptors (Lipinski definition) is 5. The van der Waals surface area contributed by atoms with Crippen molar-refractivity contribution in [1.82, 2.24) is 15.0 Å². The van der Waals surface area contributed by atoms with Gasteiger partial charge in [-0.1, -0.05) is 6.92 Å². The molecule has 0 radical (unpaired) electrons. The summed E-state index contributed by atoms with van der Waals surface area (Å²) in [6, 6.07) is 2.96. The Kier molecular flexibility index (Phi) is 2.70. The predicted octanol–water partition coefficient (Wildman–Crippen LogP) is 0.284. The molecule has 0 aliphatic carbocycles. The van der Waals surface area contributed by atoms with Crippen molar-refractivity contribution in [3.63, 3.8) is 0 Å². The van der Waals surface area contributed by atoms with Gasteiger partial charge in [0.1, 0.15) is 5.65 Å². The molecular weight excluding hydrogens is 242 g/mol. The highest BCUT2D eigenvalue weighted by molar-refractivity contribution is 7.90. The molecule has 2 rings (SSSR count). The normalized spacial score (nSPS) is 11.9. The number of pyridine rings is 1. The van der Waals surface area contributed by atoms with Crippen LogP contribution in [0.1, 0.15) is 12.6 Å². The van der Waals surface area contributed by atoms with Gasteiger partial charge in [-0.2, -0.15) is 0 Å². The second kappa shape index (κ2) is 3.92. The van der Waals surface area contributed by atoms with Gasteiger partial charge in [-0.05, 0) is 12.5 Å². The van der Waals surface area contributed by atoms with Crippen molar-refractivity contribution in [3.8, 4) is 0 Å². The molecule has 2 heterocycles. The van der Waals surface area contributed by atoms with E-state index in [1.807, 2.05) is 6.92 Å². The van der Waals surface area contributed by atoms with Gasteiger partial charge in [0.05, 0.1) is 5.69 Å². The van der Waals surface area contributed by atoms with Gasteiger partial charge in [0.15, 0.2) is 0 Å². The summed E-state index contributed by atoms with van der Waals surface area (Å²) in [7, 11) is -3.48. The third-order valence-corrected chi connectivity index (χ3v) is 3.16. The first-order chi connectivity index (χ1) is 7.91. The highest BCUT2D eigenvalue weighted by atomic mass is 32.2. The van der Waals surface area contributed by atoms with Crippen LogP contribution in [0.4, 0.5) is 0 Å². The summed E-state index contributed by atoms with van der Waals surface area (Å²) in [6.45, 7) is 1.86. The van der Waals surface area contributed by atoms with E-state index in [1.54, 1.807) is 6.07 Å². The summed E-state index contributed by atoms with van der Waals surface area (Å²) >= 11 is 0. The number of rotatable bonds is 2. The van der Waals surface area contributed by atoms with Gasteiger partial charge in [-0.15, -0.1) is 0 Å². The first-order valence-corrected chi connectivity index (χ1v) is 6.91. The van der Waals surface area contributed by atoms with Crippen LogP contribution < -0.4 is 5.56 Å². The standard InChI is InChI=1S/C10H11N3O3S/c1-3-7-6-4-5-8(14)12-9(6)13-10(11-7)17(2,15)16/h4-5H,3H2,1-2H3,(H,11,12,13,14). The highest BCUT2D eigenvalue weighted by Crippen LogP contribution is 2.14. The van der Waals surface area contributed by atoms with Crippen LogP contribution in [0, 0.1) is 0 Å². The molecule has 6 nitrogen and oxygen atoms in total. The Morgan fingerprint density at radius 3 is 2.59 bits per heavy atom. The second-order valence-corrected chi connectivity index (χ2v) is 5.57. The van der Waals surface area contributed by atoms with Crippen LogP contribution in [-0.4, -0.2) is 29.6 Å². The van der Waals surface area contributed by atoms with E-state index in [-0.39, 0.29) is 16.4 Å². The Bertz CT molecular complexity index is 734. The number of nitrogens with one attached hydrogen (secondary N) is 1. The second-order valence-electron chi connectivity index (χ2n) is 3.66. The third kappa shape index (κ3) is 2.19. The molecule has 1 N–H and O–H groups in total. The molecule has 2 aromatic rings. The number of aromatic amines is 1. The first-order valence-electron chi connectivity index (χ1n) is 5.02. The van der Waals surface area contributed by atoms with Gasteiger partial charge < -0.3 is 4.98 Å². The SMILES string of the molecule is CCc1nc(S(C)(=O)=O)nc2[nH]c(=O)ccc12. The minimum absolute atomic E-state index is 0.254. The maximum Gasteiger partial charge on any atom is 0.249 e. The van der Waals surface area contributed by atoms with E-state index in [0.29, 0.717) is 17.5 Å². The van der Waals surface area contributed by atoms with E-state index in [2.05, 4.69) is 15.0 Å². The highest BCUT2D eigenvalue weighted by Gasteiger charge is 2.15. The number of sulfone groups is 1. The van der Waals surface area contributed by atoms with Crippen molar-refractivity contribution in [2.45, 2.75) is 18.5 Å². The quantitative estimate of drug-likeness (QED) is 0.776. The molecule has 0 unspecified atom stereocenters. The lowest BCUT2D eigenvalue weighted by Crippen LogP contribution is -2.11. The summed E-state index contributed by atoms with van der Waals surface area (Å²) < 4.78 is 22.8. The zero-order valence-electron chi connectivity index (χ0n) is 9.39. The lowest BCUT2D eigenvalue weighted by molar-refractivity contribution is 0.592. The lowest BCUT2D eigenvalue weighted by Gasteiger charge is -2.05. The molecule has 0 atom stereocenters. The van der Waals surface area contributed by atoms with Crippen LogP contribution in [0.25, 0.3) is 11.0 Å². The molecule has 0 saturated carbocycles. The molecule has 0 amide bonds. The Hall–Kier alpha value is -1.76. The van der Waals surface area contributed by atoms with Crippen molar-refractivity contribution in [2.24, 2.45) is 0 Å². The Balaban J connectivity index is 2.90. The van der Waals surface area contributed by atoms with Crippen LogP contribution in [0.5, 0.6) is 0 Å². The summed E-state index contributed by atoms with van der Waals surface area (Å²) in [5, 5.41) is 0.406. The molecular formula is C10H11N3O3S. The predicted molar refractivity (Wildman–Crippen MR) is 62.6 cm³/mol. The number of hydrogen-bond donors (Lipinski definition) is 1. The average molecular weight is 253 g/mol. The fraction of sp³-hybridized carbons (Fsp3) is 0.300. The first kappa shape index (κ1) is 11.7. The van der Waals surface area contributed by atoms with E-state index in [1.165, 1.54) is 6.07 Å². The molecule has 0 bridgehead atoms. The maximum absolute atomic E-state index is 11.4. The van der Waals surface area contributed by atoms with Gasteiger partial charge >= 0.3 is 0 Å². The lowest BCUT2D eigenvalue weighted by atomic mass is 10.2. The maximum atomic E-state index is 11.4. The zero-order valence-corrected chi connectivity index (χ0v) is 10.2. The third-order valence-electron chi connectivity index (χ3n) is 2.31. The van der Waals surface area contributed by atoms with Crippen LogP contribution in [0.2, 0.25) is 0 Å². The van der Waals surface area contributed by atoms with Gasteiger partial charge in [0, 0.05) is 17.7 Å². The number of fused-ring (bicyclic) bond motifs is 1. The molecule has 7 heteroatoms. The van der Waals surface area contributed by atoms with Crippen LogP contribution >= 0.6 is 0 Å². The molecule has 17 heavy (non-hydrogen) atoms. The van der Waals surface area contributed by atoms with Gasteiger partial charge in [0.2, 0.25) is 20.6 Å². The number of aryl methyl sites for hydroxylation is 1. The summed E-state index contributed by atoms with van der Waals surface area (Å²) in [5.74, 6) is 0. The smallest absolute Gasteiger partial charge is 0.249 e. The summed E-state index contributed by atoms with van der Waals surface area (Å²) in [6.07, 6.45) is 1.60. The minimum atomic E-state index is -3.48. The topological polar surface area (TPSA) is 92.8 Å². The summed E-state index contributed by atoms with van der Waals surface area (Å²) in [5.41, 5.74) is 0.536. The van der Waals surface area contributed by atoms with Gasteiger partial charge in [-0.25, -0.2) is 18.4 Å². The zero-order chi connectivity index (χ0) is 12.6. The number of H-pyrrole nitrogens is 1. The van der Waals surface area contributed by atoms with Crippen molar-refractivity contribution in [3.05, 3.63) is 28.2 Å². The Morgan fingerprint density at radius 1 is 1.29 bits per heavy atom. The van der Waals surface area contributed by atoms with Crippen LogP contribution in [0.15, 0.2) is 22.1 Å². The number of aromatic nitrogens is 3. The van der Waals surface area contributed by atoms with Crippen molar-refractivity contribution in [2.75, 3.05) is 6.26 Å².